The fourth-order valence-electron chi connectivity index (χ4n) is 4.10. The molecule has 0 spiro atoms. The molecule has 0 aliphatic carbocycles. The van der Waals surface area contributed by atoms with Crippen molar-refractivity contribution in [2.75, 3.05) is 39.6 Å². The van der Waals surface area contributed by atoms with E-state index in [9.17, 15) is 4.39 Å². The standard InChI is InChI=1S/C14H17FN4/c15-13-3-1-12(2-4-13)5-16-14-6-17-9-18(7-14)11-19(8-14)10-17/h1-5H,6-11H2/p+3. The van der Waals surface area contributed by atoms with Gasteiger partial charge in [0.1, 0.15) is 25.5 Å². The van der Waals surface area contributed by atoms with Crippen LogP contribution in [0.3, 0.4) is 0 Å². The Balaban J connectivity index is 1.57. The van der Waals surface area contributed by atoms with Crippen LogP contribution in [-0.2, 0) is 0 Å². The van der Waals surface area contributed by atoms with Crippen LogP contribution in [0, 0.1) is 5.82 Å². The van der Waals surface area contributed by atoms with Crippen LogP contribution in [0.5, 0.6) is 0 Å². The highest BCUT2D eigenvalue weighted by atomic mass is 19.1. The van der Waals surface area contributed by atoms with Gasteiger partial charge < -0.3 is 0 Å². The molecule has 5 rings (SSSR count). The number of rotatable bonds is 2. The molecule has 4 bridgehead atoms. The minimum absolute atomic E-state index is 0.114. The number of nitrogens with one attached hydrogen (secondary N) is 3. The van der Waals surface area contributed by atoms with Crippen molar-refractivity contribution in [3.63, 3.8) is 0 Å². The molecule has 1 aromatic rings. The van der Waals surface area contributed by atoms with Gasteiger partial charge in [0.05, 0.1) is 0 Å². The van der Waals surface area contributed by atoms with Crippen molar-refractivity contribution in [3.8, 4) is 0 Å². The summed E-state index contributed by atoms with van der Waals surface area (Å²) in [7, 11) is 0. The van der Waals surface area contributed by atoms with Crippen molar-refractivity contribution in [3.05, 3.63) is 35.6 Å². The smallest absolute Gasteiger partial charge is 0.213 e. The second-order valence-electron chi connectivity index (χ2n) is 6.34. The average Bonchev–Trinajstić information content (AvgIpc) is 2.36. The highest BCUT2D eigenvalue weighted by Gasteiger charge is 2.57. The summed E-state index contributed by atoms with van der Waals surface area (Å²) >= 11 is 0. The number of quaternary nitrogens is 3. The van der Waals surface area contributed by atoms with Crippen molar-refractivity contribution in [1.29, 1.82) is 0 Å². The first-order valence-corrected chi connectivity index (χ1v) is 7.02. The Bertz CT molecular complexity index is 475. The summed E-state index contributed by atoms with van der Waals surface area (Å²) in [4.78, 5) is 9.96. The van der Waals surface area contributed by atoms with Crippen molar-refractivity contribution in [1.82, 2.24) is 0 Å². The van der Waals surface area contributed by atoms with Crippen LogP contribution in [0.2, 0.25) is 0 Å². The summed E-state index contributed by atoms with van der Waals surface area (Å²) in [5.41, 5.74) is 1.11. The minimum Gasteiger partial charge on any atom is -0.268 e. The fourth-order valence-corrected chi connectivity index (χ4v) is 4.10. The molecule has 4 aliphatic rings. The molecule has 4 heterocycles. The van der Waals surface area contributed by atoms with Crippen molar-refractivity contribution >= 4 is 6.21 Å². The number of halogens is 1. The fraction of sp³-hybridized carbons (Fsp3) is 0.500. The van der Waals surface area contributed by atoms with Gasteiger partial charge in [-0.05, 0) is 17.7 Å². The largest absolute Gasteiger partial charge is 0.268 e. The van der Waals surface area contributed by atoms with Gasteiger partial charge in [0.2, 0.25) is 25.5 Å². The highest BCUT2D eigenvalue weighted by Crippen LogP contribution is 2.09. The van der Waals surface area contributed by atoms with Gasteiger partial charge in [-0.15, -0.1) is 0 Å². The van der Waals surface area contributed by atoms with Crippen molar-refractivity contribution in [2.45, 2.75) is 5.54 Å². The van der Waals surface area contributed by atoms with E-state index < -0.39 is 0 Å². The van der Waals surface area contributed by atoms with Gasteiger partial charge in [-0.2, -0.15) is 0 Å². The SMILES string of the molecule is Fc1ccc(C=NC23C[NH+]4C[NH+](C[NH+](C4)C2)C3)cc1. The third-order valence-corrected chi connectivity index (χ3v) is 4.59. The molecule has 0 amide bonds. The first-order chi connectivity index (χ1) is 9.21. The van der Waals surface area contributed by atoms with E-state index >= 15 is 0 Å². The quantitative estimate of drug-likeness (QED) is 0.463. The van der Waals surface area contributed by atoms with Gasteiger partial charge in [0.25, 0.3) is 0 Å². The van der Waals surface area contributed by atoms with Crippen LogP contribution >= 0.6 is 0 Å². The zero-order valence-electron chi connectivity index (χ0n) is 11.0. The van der Waals surface area contributed by atoms with Crippen LogP contribution < -0.4 is 14.7 Å². The first kappa shape index (κ1) is 11.5. The monoisotopic (exact) mass is 263 g/mol. The Morgan fingerprint density at radius 3 is 2.00 bits per heavy atom. The molecule has 0 radical (unpaired) electrons. The number of aliphatic imine (C=N–C) groups is 1. The number of nitrogens with zero attached hydrogens (tertiary/aromatic N) is 1. The molecule has 19 heavy (non-hydrogen) atoms. The minimum atomic E-state index is -0.186. The lowest BCUT2D eigenvalue weighted by Crippen LogP contribution is -3.56. The van der Waals surface area contributed by atoms with E-state index in [1.54, 1.807) is 26.8 Å². The predicted molar refractivity (Wildman–Crippen MR) is 68.8 cm³/mol. The predicted octanol–water partition coefficient (Wildman–Crippen LogP) is -3.45. The maximum atomic E-state index is 12.9. The Labute approximate surface area is 112 Å². The normalized spacial score (nSPS) is 40.2. The first-order valence-electron chi connectivity index (χ1n) is 7.02. The second kappa shape index (κ2) is 4.10. The Morgan fingerprint density at radius 2 is 1.47 bits per heavy atom. The molecule has 0 saturated carbocycles. The summed E-state index contributed by atoms with van der Waals surface area (Å²) < 4.78 is 12.9. The van der Waals surface area contributed by atoms with Gasteiger partial charge in [0.15, 0.2) is 0 Å². The molecule has 0 unspecified atom stereocenters. The molecule has 1 aromatic carbocycles. The summed E-state index contributed by atoms with van der Waals surface area (Å²) in [6.07, 6.45) is 1.94. The third-order valence-electron chi connectivity index (χ3n) is 4.59. The van der Waals surface area contributed by atoms with Crippen molar-refractivity contribution in [2.24, 2.45) is 4.99 Å². The maximum Gasteiger partial charge on any atom is 0.213 e. The van der Waals surface area contributed by atoms with E-state index in [2.05, 4.69) is 0 Å². The maximum absolute atomic E-state index is 12.9. The van der Waals surface area contributed by atoms with E-state index in [-0.39, 0.29) is 11.4 Å². The van der Waals surface area contributed by atoms with E-state index in [0.29, 0.717) is 0 Å². The molecule has 3 N–H and O–H groups in total. The molecule has 4 saturated heterocycles. The van der Waals surface area contributed by atoms with E-state index in [4.69, 9.17) is 4.99 Å². The van der Waals surface area contributed by atoms with E-state index in [0.717, 1.165) is 25.2 Å². The number of hydrogen-bond acceptors (Lipinski definition) is 1. The molecular weight excluding hydrogens is 243 g/mol. The zero-order chi connectivity index (χ0) is 12.9. The molecule has 0 atom stereocenters. The molecule has 5 heteroatoms. The average molecular weight is 263 g/mol. The van der Waals surface area contributed by atoms with Gasteiger partial charge in [-0.1, -0.05) is 12.1 Å². The van der Waals surface area contributed by atoms with Gasteiger partial charge in [0, 0.05) is 6.21 Å². The lowest BCUT2D eigenvalue weighted by Gasteiger charge is -2.50. The summed E-state index contributed by atoms with van der Waals surface area (Å²) in [6.45, 7) is 7.28. The molecule has 4 fully saturated rings. The second-order valence-corrected chi connectivity index (χ2v) is 6.34. The molecule has 4 aliphatic heterocycles. The summed E-state index contributed by atoms with van der Waals surface area (Å²) in [6, 6.07) is 6.60. The van der Waals surface area contributed by atoms with Gasteiger partial charge in [-0.3, -0.25) is 4.99 Å². The lowest BCUT2D eigenvalue weighted by atomic mass is 9.91. The van der Waals surface area contributed by atoms with E-state index in [1.165, 1.54) is 32.1 Å². The van der Waals surface area contributed by atoms with Crippen molar-refractivity contribution < 1.29 is 19.1 Å². The van der Waals surface area contributed by atoms with Crippen LogP contribution in [0.25, 0.3) is 0 Å². The summed E-state index contributed by atoms with van der Waals surface area (Å²) in [5, 5.41) is 0. The lowest BCUT2D eigenvalue weighted by molar-refractivity contribution is -1.29. The van der Waals surface area contributed by atoms with Crippen LogP contribution in [-0.4, -0.2) is 51.4 Å². The Kier molecular flexibility index (Phi) is 2.48. The molecule has 100 valence electrons. The van der Waals surface area contributed by atoms with Crippen LogP contribution in [0.1, 0.15) is 5.56 Å². The Hall–Kier alpha value is -1.30. The molecule has 4 nitrogen and oxygen atoms in total. The van der Waals surface area contributed by atoms with Gasteiger partial charge >= 0.3 is 0 Å². The van der Waals surface area contributed by atoms with E-state index in [1.807, 2.05) is 6.21 Å². The summed E-state index contributed by atoms with van der Waals surface area (Å²) in [5.74, 6) is -0.186. The Morgan fingerprint density at radius 1 is 0.947 bits per heavy atom. The topological polar surface area (TPSA) is 25.7 Å². The van der Waals surface area contributed by atoms with Gasteiger partial charge in [-0.25, -0.2) is 19.1 Å². The van der Waals surface area contributed by atoms with Crippen LogP contribution in [0.4, 0.5) is 4.39 Å². The zero-order valence-corrected chi connectivity index (χ0v) is 11.0. The van der Waals surface area contributed by atoms with Crippen LogP contribution in [0.15, 0.2) is 29.3 Å². The number of hydrogen-bond donors (Lipinski definition) is 3. The molecule has 0 aromatic heterocycles. The molecular formula is C14H20FN4+3. The third kappa shape index (κ3) is 2.08. The highest BCUT2D eigenvalue weighted by molar-refractivity contribution is 5.79. The number of benzene rings is 1.